The van der Waals surface area contributed by atoms with Gasteiger partial charge in [0, 0.05) is 18.7 Å². The summed E-state index contributed by atoms with van der Waals surface area (Å²) in [5.74, 6) is 3.19. The van der Waals surface area contributed by atoms with Gasteiger partial charge < -0.3 is 15.4 Å². The largest absolute Gasteiger partial charge is 0.375 e. The highest BCUT2D eigenvalue weighted by atomic mass is 35.5. The summed E-state index contributed by atoms with van der Waals surface area (Å²) in [6.45, 7) is 3.68. The first-order valence-corrected chi connectivity index (χ1v) is 6.83. The fourth-order valence-corrected chi connectivity index (χ4v) is 1.87. The van der Waals surface area contributed by atoms with E-state index in [0.29, 0.717) is 24.1 Å². The van der Waals surface area contributed by atoms with Crippen LogP contribution in [-0.2, 0) is 4.74 Å². The van der Waals surface area contributed by atoms with Crippen molar-refractivity contribution in [1.29, 1.82) is 0 Å². The molecule has 0 fully saturated rings. The zero-order valence-corrected chi connectivity index (χ0v) is 12.6. The van der Waals surface area contributed by atoms with Crippen LogP contribution < -0.4 is 10.6 Å². The van der Waals surface area contributed by atoms with E-state index >= 15 is 0 Å². The van der Waals surface area contributed by atoms with Crippen LogP contribution in [0.25, 0.3) is 0 Å². The minimum Gasteiger partial charge on any atom is -0.375 e. The van der Waals surface area contributed by atoms with Crippen LogP contribution in [0.1, 0.15) is 18.6 Å². The van der Waals surface area contributed by atoms with Crippen LogP contribution in [0.3, 0.4) is 0 Å². The minimum atomic E-state index is -0.144. The van der Waals surface area contributed by atoms with Gasteiger partial charge in [0.1, 0.15) is 6.10 Å². The molecular weight excluding hydrogens is 274 g/mol. The lowest BCUT2D eigenvalue weighted by atomic mass is 10.1. The fourth-order valence-electron chi connectivity index (χ4n) is 1.67. The number of nitrogens with zero attached hydrogens (tertiary/aromatic N) is 1. The molecule has 0 spiro atoms. The Morgan fingerprint density at radius 1 is 1.50 bits per heavy atom. The van der Waals surface area contributed by atoms with Crippen molar-refractivity contribution in [2.24, 2.45) is 4.99 Å². The fraction of sp³-hybridized carbons (Fsp3) is 0.400. The number of nitrogens with one attached hydrogen (secondary N) is 2. The summed E-state index contributed by atoms with van der Waals surface area (Å²) in [7, 11) is 1.66. The Kier molecular flexibility index (Phi) is 7.56. The molecule has 1 atom stereocenters. The van der Waals surface area contributed by atoms with Gasteiger partial charge in [-0.05, 0) is 24.6 Å². The third-order valence-corrected chi connectivity index (χ3v) is 2.86. The summed E-state index contributed by atoms with van der Waals surface area (Å²) in [6.07, 6.45) is 5.08. The molecule has 0 saturated carbocycles. The topological polar surface area (TPSA) is 45.7 Å². The van der Waals surface area contributed by atoms with E-state index in [1.165, 1.54) is 0 Å². The number of terminal acetylenes is 1. The quantitative estimate of drug-likeness (QED) is 0.480. The number of hydrogen-bond acceptors (Lipinski definition) is 2. The van der Waals surface area contributed by atoms with E-state index in [0.717, 1.165) is 12.1 Å². The first-order valence-electron chi connectivity index (χ1n) is 6.45. The van der Waals surface area contributed by atoms with Crippen LogP contribution in [0.2, 0.25) is 5.02 Å². The van der Waals surface area contributed by atoms with Gasteiger partial charge in [0.2, 0.25) is 0 Å². The Balaban J connectivity index is 2.73. The minimum absolute atomic E-state index is 0.144. The van der Waals surface area contributed by atoms with Gasteiger partial charge in [0.05, 0.1) is 13.1 Å². The smallest absolute Gasteiger partial charge is 0.192 e. The number of rotatable bonds is 6. The summed E-state index contributed by atoms with van der Waals surface area (Å²) in [5.41, 5.74) is 0.997. The lowest BCUT2D eigenvalue weighted by molar-refractivity contribution is 0.111. The van der Waals surface area contributed by atoms with Crippen LogP contribution >= 0.6 is 11.6 Å². The van der Waals surface area contributed by atoms with Gasteiger partial charge in [-0.2, -0.15) is 0 Å². The van der Waals surface area contributed by atoms with E-state index in [9.17, 15) is 0 Å². The maximum absolute atomic E-state index is 5.99. The molecule has 20 heavy (non-hydrogen) atoms. The van der Waals surface area contributed by atoms with Gasteiger partial charge in [0.25, 0.3) is 0 Å². The highest BCUT2D eigenvalue weighted by Gasteiger charge is 2.10. The maximum atomic E-state index is 5.99. The highest BCUT2D eigenvalue weighted by Crippen LogP contribution is 2.20. The van der Waals surface area contributed by atoms with Gasteiger partial charge in [-0.15, -0.1) is 6.42 Å². The van der Waals surface area contributed by atoms with E-state index in [1.807, 2.05) is 31.2 Å². The summed E-state index contributed by atoms with van der Waals surface area (Å²) >= 11 is 5.99. The van der Waals surface area contributed by atoms with Crippen molar-refractivity contribution in [2.75, 3.05) is 26.7 Å². The molecule has 108 valence electrons. The zero-order valence-electron chi connectivity index (χ0n) is 11.8. The molecular formula is C15H20ClN3O. The number of hydrogen-bond donors (Lipinski definition) is 2. The number of ether oxygens (including phenoxy) is 1. The van der Waals surface area contributed by atoms with Gasteiger partial charge >= 0.3 is 0 Å². The lowest BCUT2D eigenvalue weighted by Gasteiger charge is -2.15. The van der Waals surface area contributed by atoms with Crippen molar-refractivity contribution in [3.8, 4) is 12.3 Å². The molecule has 4 nitrogen and oxygen atoms in total. The average Bonchev–Trinajstić information content (AvgIpc) is 2.45. The second-order valence-corrected chi connectivity index (χ2v) is 4.49. The number of guanidine groups is 1. The summed E-state index contributed by atoms with van der Waals surface area (Å²) in [4.78, 5) is 4.46. The molecule has 0 saturated heterocycles. The van der Waals surface area contributed by atoms with Crippen LogP contribution in [0.15, 0.2) is 29.3 Å². The van der Waals surface area contributed by atoms with E-state index in [2.05, 4.69) is 21.5 Å². The molecule has 0 aromatic heterocycles. The second-order valence-electron chi connectivity index (χ2n) is 4.06. The Morgan fingerprint density at radius 3 is 2.90 bits per heavy atom. The Labute approximate surface area is 125 Å². The molecule has 0 amide bonds. The molecule has 0 radical (unpaired) electrons. The highest BCUT2D eigenvalue weighted by molar-refractivity contribution is 6.30. The van der Waals surface area contributed by atoms with Crippen molar-refractivity contribution in [3.05, 3.63) is 34.9 Å². The third-order valence-electron chi connectivity index (χ3n) is 2.62. The zero-order chi connectivity index (χ0) is 14.8. The summed E-state index contributed by atoms with van der Waals surface area (Å²) in [5, 5.41) is 6.84. The average molecular weight is 294 g/mol. The lowest BCUT2D eigenvalue weighted by Crippen LogP contribution is -2.37. The number of halogens is 1. The molecule has 0 aliphatic heterocycles. The second kappa shape index (κ2) is 9.24. The predicted molar refractivity (Wildman–Crippen MR) is 84.0 cm³/mol. The van der Waals surface area contributed by atoms with Crippen LogP contribution in [-0.4, -0.2) is 32.7 Å². The molecule has 1 unspecified atom stereocenters. The maximum Gasteiger partial charge on any atom is 0.192 e. The number of methoxy groups -OCH3 is 1. The monoisotopic (exact) mass is 293 g/mol. The van der Waals surface area contributed by atoms with Crippen molar-refractivity contribution >= 4 is 17.6 Å². The predicted octanol–water partition coefficient (Wildman–Crippen LogP) is 2.22. The normalized spacial score (nSPS) is 12.6. The molecule has 5 heteroatoms. The van der Waals surface area contributed by atoms with Crippen molar-refractivity contribution in [1.82, 2.24) is 10.6 Å². The number of aliphatic imine (C=N–C) groups is 1. The van der Waals surface area contributed by atoms with Crippen LogP contribution in [0.5, 0.6) is 0 Å². The Bertz CT molecular complexity index is 482. The van der Waals surface area contributed by atoms with Gasteiger partial charge in [-0.1, -0.05) is 29.7 Å². The van der Waals surface area contributed by atoms with Crippen LogP contribution in [0.4, 0.5) is 0 Å². The summed E-state index contributed by atoms with van der Waals surface area (Å²) < 4.78 is 5.46. The van der Waals surface area contributed by atoms with E-state index in [-0.39, 0.29) is 6.10 Å². The van der Waals surface area contributed by atoms with E-state index in [4.69, 9.17) is 22.8 Å². The molecule has 0 heterocycles. The van der Waals surface area contributed by atoms with Crippen molar-refractivity contribution in [2.45, 2.75) is 13.0 Å². The SMILES string of the molecule is C#CCNC(=NCC(OC)c1cccc(Cl)c1)NCC. The number of benzene rings is 1. The molecule has 0 bridgehead atoms. The van der Waals surface area contributed by atoms with Gasteiger partial charge in [0.15, 0.2) is 5.96 Å². The van der Waals surface area contributed by atoms with Crippen molar-refractivity contribution in [3.63, 3.8) is 0 Å². The Morgan fingerprint density at radius 2 is 2.30 bits per heavy atom. The van der Waals surface area contributed by atoms with Gasteiger partial charge in [-0.25, -0.2) is 0 Å². The Hall–Kier alpha value is -1.70. The van der Waals surface area contributed by atoms with Crippen molar-refractivity contribution < 1.29 is 4.74 Å². The van der Waals surface area contributed by atoms with E-state index < -0.39 is 0 Å². The molecule has 1 rings (SSSR count). The standard InChI is InChI=1S/C15H20ClN3O/c1-4-9-18-15(17-5-2)19-11-14(20-3)12-7-6-8-13(16)10-12/h1,6-8,10,14H,5,9,11H2,2-3H3,(H2,17,18,19). The molecule has 1 aromatic carbocycles. The third kappa shape index (κ3) is 5.52. The molecule has 0 aliphatic carbocycles. The van der Waals surface area contributed by atoms with Crippen LogP contribution in [0, 0.1) is 12.3 Å². The van der Waals surface area contributed by atoms with E-state index in [1.54, 1.807) is 7.11 Å². The first kappa shape index (κ1) is 16.4. The molecule has 2 N–H and O–H groups in total. The first-order chi connectivity index (χ1) is 9.71. The molecule has 0 aliphatic rings. The summed E-state index contributed by atoms with van der Waals surface area (Å²) in [6, 6.07) is 7.58. The molecule has 1 aromatic rings. The van der Waals surface area contributed by atoms with Gasteiger partial charge in [-0.3, -0.25) is 4.99 Å².